The largest absolute Gasteiger partial charge is 0.396 e. The highest BCUT2D eigenvalue weighted by atomic mass is 16.3. The molecule has 0 aromatic heterocycles. The van der Waals surface area contributed by atoms with E-state index in [9.17, 15) is 0 Å². The lowest BCUT2D eigenvalue weighted by molar-refractivity contribution is 0.238. The molecule has 0 amide bonds. The molecule has 1 atom stereocenters. The lowest BCUT2D eigenvalue weighted by atomic mass is 10.1. The number of hydrogen-bond acceptors (Lipinski definition) is 2. The quantitative estimate of drug-likeness (QED) is 0.816. The van der Waals surface area contributed by atoms with Crippen LogP contribution in [0.1, 0.15) is 18.9 Å². The van der Waals surface area contributed by atoms with Gasteiger partial charge in [0.2, 0.25) is 0 Å². The van der Waals surface area contributed by atoms with E-state index in [0.29, 0.717) is 12.5 Å². The number of anilines is 1. The molecule has 1 fully saturated rings. The zero-order valence-corrected chi connectivity index (χ0v) is 9.32. The summed E-state index contributed by atoms with van der Waals surface area (Å²) in [6.07, 6.45) is 2.21. The molecule has 2 nitrogen and oxygen atoms in total. The summed E-state index contributed by atoms with van der Waals surface area (Å²) in [4.78, 5) is 2.36. The van der Waals surface area contributed by atoms with Crippen molar-refractivity contribution in [2.75, 3.05) is 24.6 Å². The second-order valence-electron chi connectivity index (χ2n) is 4.30. The molecule has 0 spiro atoms. The van der Waals surface area contributed by atoms with Crippen molar-refractivity contribution in [2.24, 2.45) is 5.92 Å². The first-order valence-electron chi connectivity index (χ1n) is 5.78. The van der Waals surface area contributed by atoms with Crippen LogP contribution in [0.5, 0.6) is 0 Å². The van der Waals surface area contributed by atoms with E-state index in [1.54, 1.807) is 0 Å². The number of hydrogen-bond donors (Lipinski definition) is 1. The Balaban J connectivity index is 2.04. The lowest BCUT2D eigenvalue weighted by Crippen LogP contribution is -2.20. The van der Waals surface area contributed by atoms with E-state index in [1.165, 1.54) is 11.3 Å². The van der Waals surface area contributed by atoms with E-state index in [4.69, 9.17) is 5.11 Å². The van der Waals surface area contributed by atoms with Gasteiger partial charge in [0, 0.05) is 31.3 Å². The summed E-state index contributed by atoms with van der Waals surface area (Å²) in [7, 11) is 0. The molecule has 1 aromatic carbocycles. The fourth-order valence-electron chi connectivity index (χ4n) is 2.16. The van der Waals surface area contributed by atoms with E-state index in [0.717, 1.165) is 25.9 Å². The fourth-order valence-corrected chi connectivity index (χ4v) is 2.16. The first-order valence-corrected chi connectivity index (χ1v) is 5.78. The van der Waals surface area contributed by atoms with E-state index in [-0.39, 0.29) is 0 Å². The number of rotatable bonds is 3. The molecular weight excluding hydrogens is 186 g/mol. The van der Waals surface area contributed by atoms with Gasteiger partial charge in [-0.2, -0.15) is 0 Å². The third-order valence-electron chi connectivity index (χ3n) is 3.25. The summed E-state index contributed by atoms with van der Waals surface area (Å²) in [5.74, 6) is 0.468. The van der Waals surface area contributed by atoms with Gasteiger partial charge >= 0.3 is 0 Å². The van der Waals surface area contributed by atoms with E-state index in [2.05, 4.69) is 36.1 Å². The molecule has 0 saturated carbocycles. The molecule has 0 radical (unpaired) electrons. The standard InChI is InChI=1S/C13H19NO/c1-2-11-3-5-13(6-4-11)14-8-7-12(9-14)10-15/h3-6,12,15H,2,7-10H2,1H3. The fraction of sp³-hybridized carbons (Fsp3) is 0.538. The van der Waals surface area contributed by atoms with Crippen molar-refractivity contribution < 1.29 is 5.11 Å². The molecule has 82 valence electrons. The Morgan fingerprint density at radius 2 is 2.07 bits per heavy atom. The number of aliphatic hydroxyl groups excluding tert-OH is 1. The number of benzene rings is 1. The van der Waals surface area contributed by atoms with E-state index in [1.807, 2.05) is 0 Å². The third-order valence-corrected chi connectivity index (χ3v) is 3.25. The minimum absolute atomic E-state index is 0.323. The normalized spacial score (nSPS) is 20.9. The van der Waals surface area contributed by atoms with Crippen molar-refractivity contribution in [3.63, 3.8) is 0 Å². The highest BCUT2D eigenvalue weighted by molar-refractivity contribution is 5.48. The van der Waals surface area contributed by atoms with Crippen molar-refractivity contribution in [2.45, 2.75) is 19.8 Å². The predicted molar refractivity (Wildman–Crippen MR) is 63.2 cm³/mol. The SMILES string of the molecule is CCc1ccc(N2CCC(CO)C2)cc1. The molecule has 0 aliphatic carbocycles. The van der Waals surface area contributed by atoms with Crippen LogP contribution >= 0.6 is 0 Å². The summed E-state index contributed by atoms with van der Waals surface area (Å²) in [6, 6.07) is 8.78. The zero-order chi connectivity index (χ0) is 10.7. The first-order chi connectivity index (χ1) is 7.33. The molecule has 1 unspecified atom stereocenters. The van der Waals surface area contributed by atoms with Crippen LogP contribution < -0.4 is 4.90 Å². The predicted octanol–water partition coefficient (Wildman–Crippen LogP) is 2.07. The van der Waals surface area contributed by atoms with Crippen LogP contribution in [0.2, 0.25) is 0 Å². The molecule has 2 heteroatoms. The molecular formula is C13H19NO. The maximum absolute atomic E-state index is 9.09. The van der Waals surface area contributed by atoms with E-state index < -0.39 is 0 Å². The molecule has 2 rings (SSSR count). The molecule has 0 bridgehead atoms. The molecule has 1 aliphatic heterocycles. The topological polar surface area (TPSA) is 23.5 Å². The van der Waals surface area contributed by atoms with Crippen LogP contribution in [0.3, 0.4) is 0 Å². The minimum atomic E-state index is 0.323. The van der Waals surface area contributed by atoms with Crippen LogP contribution in [0.15, 0.2) is 24.3 Å². The molecule has 1 heterocycles. The minimum Gasteiger partial charge on any atom is -0.396 e. The van der Waals surface area contributed by atoms with Crippen molar-refractivity contribution in [3.8, 4) is 0 Å². The zero-order valence-electron chi connectivity index (χ0n) is 9.32. The monoisotopic (exact) mass is 205 g/mol. The molecule has 1 aliphatic rings. The van der Waals surface area contributed by atoms with Gasteiger partial charge in [0.25, 0.3) is 0 Å². The van der Waals surface area contributed by atoms with E-state index >= 15 is 0 Å². The number of aliphatic hydroxyl groups is 1. The highest BCUT2D eigenvalue weighted by Gasteiger charge is 2.21. The van der Waals surface area contributed by atoms with Gasteiger partial charge in [-0.05, 0) is 30.5 Å². The van der Waals surface area contributed by atoms with Crippen molar-refractivity contribution in [3.05, 3.63) is 29.8 Å². The Bertz CT molecular complexity index is 307. The van der Waals surface area contributed by atoms with Crippen LogP contribution in [0.25, 0.3) is 0 Å². The Hall–Kier alpha value is -1.02. The summed E-state index contributed by atoms with van der Waals surface area (Å²) in [5.41, 5.74) is 2.68. The Labute approximate surface area is 91.5 Å². The molecule has 1 N–H and O–H groups in total. The van der Waals surface area contributed by atoms with Gasteiger partial charge < -0.3 is 10.0 Å². The van der Waals surface area contributed by atoms with Gasteiger partial charge in [-0.3, -0.25) is 0 Å². The average molecular weight is 205 g/mol. The Morgan fingerprint density at radius 3 is 2.60 bits per heavy atom. The highest BCUT2D eigenvalue weighted by Crippen LogP contribution is 2.23. The van der Waals surface area contributed by atoms with Gasteiger partial charge in [0.15, 0.2) is 0 Å². The van der Waals surface area contributed by atoms with Crippen LogP contribution in [0, 0.1) is 5.92 Å². The second-order valence-corrected chi connectivity index (χ2v) is 4.30. The van der Waals surface area contributed by atoms with Crippen molar-refractivity contribution in [1.29, 1.82) is 0 Å². The van der Waals surface area contributed by atoms with Crippen LogP contribution in [-0.4, -0.2) is 24.8 Å². The second kappa shape index (κ2) is 4.67. The summed E-state index contributed by atoms with van der Waals surface area (Å²) >= 11 is 0. The number of nitrogens with zero attached hydrogens (tertiary/aromatic N) is 1. The van der Waals surface area contributed by atoms with Crippen molar-refractivity contribution in [1.82, 2.24) is 0 Å². The first kappa shape index (κ1) is 10.5. The van der Waals surface area contributed by atoms with Gasteiger partial charge in [-0.1, -0.05) is 19.1 Å². The van der Waals surface area contributed by atoms with Gasteiger partial charge in [-0.15, -0.1) is 0 Å². The molecule has 1 saturated heterocycles. The van der Waals surface area contributed by atoms with Crippen molar-refractivity contribution >= 4 is 5.69 Å². The number of aryl methyl sites for hydroxylation is 1. The Morgan fingerprint density at radius 1 is 1.33 bits per heavy atom. The maximum Gasteiger partial charge on any atom is 0.0476 e. The van der Waals surface area contributed by atoms with Crippen LogP contribution in [0.4, 0.5) is 5.69 Å². The summed E-state index contributed by atoms with van der Waals surface area (Å²) in [6.45, 7) is 4.58. The third kappa shape index (κ3) is 2.32. The lowest BCUT2D eigenvalue weighted by Gasteiger charge is -2.18. The molecule has 15 heavy (non-hydrogen) atoms. The average Bonchev–Trinajstić information content (AvgIpc) is 2.78. The van der Waals surface area contributed by atoms with Crippen LogP contribution in [-0.2, 0) is 6.42 Å². The van der Waals surface area contributed by atoms with Gasteiger partial charge in [-0.25, -0.2) is 0 Å². The van der Waals surface area contributed by atoms with Gasteiger partial charge in [0.1, 0.15) is 0 Å². The van der Waals surface area contributed by atoms with Gasteiger partial charge in [0.05, 0.1) is 0 Å². The summed E-state index contributed by atoms with van der Waals surface area (Å²) in [5, 5.41) is 9.09. The smallest absolute Gasteiger partial charge is 0.0476 e. The maximum atomic E-state index is 9.09. The summed E-state index contributed by atoms with van der Waals surface area (Å²) < 4.78 is 0. The molecule has 1 aromatic rings. The Kier molecular flexibility index (Phi) is 3.27.